The molecule has 1 saturated heterocycles. The number of carbonyl (C=O) groups is 1. The molecule has 2 aromatic rings. The summed E-state index contributed by atoms with van der Waals surface area (Å²) in [5.41, 5.74) is 0.594. The van der Waals surface area contributed by atoms with E-state index in [0.29, 0.717) is 5.69 Å². The number of tetrazole rings is 1. The van der Waals surface area contributed by atoms with Crippen LogP contribution < -0.4 is 10.2 Å². The lowest BCUT2D eigenvalue weighted by molar-refractivity contribution is -0.384. The van der Waals surface area contributed by atoms with Gasteiger partial charge in [-0.25, -0.2) is 0 Å². The second-order valence-electron chi connectivity index (χ2n) is 5.22. The molecular weight excluding hydrogens is 314 g/mol. The summed E-state index contributed by atoms with van der Waals surface area (Å²) < 4.78 is 0. The third-order valence-corrected chi connectivity index (χ3v) is 3.70. The Morgan fingerprint density at radius 3 is 2.75 bits per heavy atom. The number of nitrogens with zero attached hydrogens (tertiary/aromatic N) is 6. The molecule has 0 unspecified atom stereocenters. The maximum absolute atomic E-state index is 12.2. The third kappa shape index (κ3) is 3.07. The van der Waals surface area contributed by atoms with Gasteiger partial charge in [0.25, 0.3) is 17.5 Å². The summed E-state index contributed by atoms with van der Waals surface area (Å²) in [5.74, 6) is -0.555. The van der Waals surface area contributed by atoms with Gasteiger partial charge in [0.2, 0.25) is 0 Å². The van der Waals surface area contributed by atoms with Crippen LogP contribution in [0.5, 0.6) is 0 Å². The van der Waals surface area contributed by atoms with Gasteiger partial charge in [-0.15, -0.1) is 9.90 Å². The maximum atomic E-state index is 12.2. The number of hydrogen-bond donors (Lipinski definition) is 1. The van der Waals surface area contributed by atoms with Gasteiger partial charge in [0.1, 0.15) is 5.69 Å². The summed E-state index contributed by atoms with van der Waals surface area (Å²) in [6.07, 6.45) is 3.33. The predicted octanol–water partition coefficient (Wildman–Crippen LogP) is 1.53. The van der Waals surface area contributed by atoms with Gasteiger partial charge in [-0.05, 0) is 30.2 Å². The molecule has 2 heterocycles. The van der Waals surface area contributed by atoms with Crippen LogP contribution in [0, 0.1) is 10.1 Å². The highest BCUT2D eigenvalue weighted by Crippen LogP contribution is 2.31. The molecule has 1 aromatic carbocycles. The summed E-state index contributed by atoms with van der Waals surface area (Å²) >= 11 is 0. The molecule has 0 spiro atoms. The van der Waals surface area contributed by atoms with Crippen LogP contribution >= 0.6 is 0 Å². The molecule has 1 aliphatic heterocycles. The minimum absolute atomic E-state index is 0.00817. The van der Waals surface area contributed by atoms with Gasteiger partial charge in [-0.1, -0.05) is 11.7 Å². The van der Waals surface area contributed by atoms with E-state index >= 15 is 0 Å². The highest BCUT2D eigenvalue weighted by atomic mass is 16.6. The number of carbonyl (C=O) groups excluding carboxylic acids is 1. The summed E-state index contributed by atoms with van der Waals surface area (Å²) in [7, 11) is 0. The van der Waals surface area contributed by atoms with Crippen LogP contribution in [0.15, 0.2) is 24.8 Å². The quantitative estimate of drug-likeness (QED) is 0.652. The molecule has 3 rings (SSSR count). The van der Waals surface area contributed by atoms with Crippen LogP contribution in [0.4, 0.5) is 17.3 Å². The number of nitrogens with one attached hydrogen (secondary N) is 1. The van der Waals surface area contributed by atoms with Crippen molar-refractivity contribution >= 4 is 29.4 Å². The Morgan fingerprint density at radius 1 is 1.38 bits per heavy atom. The Hall–Kier alpha value is -3.30. The Kier molecular flexibility index (Phi) is 4.18. The zero-order valence-corrected chi connectivity index (χ0v) is 12.8. The average molecular weight is 329 g/mol. The largest absolute Gasteiger partial charge is 0.366 e. The highest BCUT2D eigenvalue weighted by Gasteiger charge is 2.24. The van der Waals surface area contributed by atoms with E-state index in [2.05, 4.69) is 27.3 Å². The molecule has 10 nitrogen and oxygen atoms in total. The van der Waals surface area contributed by atoms with Crippen molar-refractivity contribution in [1.29, 1.82) is 0 Å². The molecule has 0 aliphatic carbocycles. The zero-order valence-electron chi connectivity index (χ0n) is 12.8. The van der Waals surface area contributed by atoms with Crippen LogP contribution in [0.1, 0.15) is 23.2 Å². The van der Waals surface area contributed by atoms with Crippen molar-refractivity contribution in [2.45, 2.75) is 12.8 Å². The molecule has 124 valence electrons. The first-order valence-corrected chi connectivity index (χ1v) is 7.35. The van der Waals surface area contributed by atoms with E-state index < -0.39 is 10.8 Å². The molecular formula is C14H15N7O3. The Labute approximate surface area is 136 Å². The molecule has 1 N–H and O–H groups in total. The molecule has 1 aliphatic rings. The average Bonchev–Trinajstić information content (AvgIpc) is 3.25. The number of amides is 1. The summed E-state index contributed by atoms with van der Waals surface area (Å²) in [4.78, 5) is 26.2. The summed E-state index contributed by atoms with van der Waals surface area (Å²) in [6.45, 7) is 5.02. The van der Waals surface area contributed by atoms with Gasteiger partial charge >= 0.3 is 0 Å². The zero-order chi connectivity index (χ0) is 17.1. The SMILES string of the molecule is C=Cn1nnc(NC(=O)c2ccc(N3CCCC3)c([N+](=O)[O-])c2)n1. The van der Waals surface area contributed by atoms with E-state index in [9.17, 15) is 14.9 Å². The van der Waals surface area contributed by atoms with Crippen LogP contribution in [-0.2, 0) is 0 Å². The van der Waals surface area contributed by atoms with Crippen LogP contribution in [0.3, 0.4) is 0 Å². The van der Waals surface area contributed by atoms with E-state index in [0.717, 1.165) is 30.7 Å². The number of nitro benzene ring substituents is 1. The summed E-state index contributed by atoms with van der Waals surface area (Å²) in [6, 6.07) is 4.42. The number of aromatic nitrogens is 4. The van der Waals surface area contributed by atoms with Gasteiger partial charge < -0.3 is 4.90 Å². The van der Waals surface area contributed by atoms with E-state index in [1.807, 2.05) is 4.90 Å². The fraction of sp³-hybridized carbons (Fsp3) is 0.286. The van der Waals surface area contributed by atoms with Crippen LogP contribution in [-0.4, -0.2) is 44.1 Å². The third-order valence-electron chi connectivity index (χ3n) is 3.70. The Balaban J connectivity index is 1.84. The molecule has 0 bridgehead atoms. The van der Waals surface area contributed by atoms with Gasteiger partial charge in [-0.2, -0.15) is 0 Å². The molecule has 24 heavy (non-hydrogen) atoms. The van der Waals surface area contributed by atoms with Crippen molar-refractivity contribution in [2.75, 3.05) is 23.3 Å². The predicted molar refractivity (Wildman–Crippen MR) is 86.7 cm³/mol. The van der Waals surface area contributed by atoms with E-state index in [1.165, 1.54) is 12.3 Å². The van der Waals surface area contributed by atoms with E-state index in [4.69, 9.17) is 0 Å². The van der Waals surface area contributed by atoms with Crippen molar-refractivity contribution in [2.24, 2.45) is 0 Å². The van der Waals surface area contributed by atoms with Crippen LogP contribution in [0.25, 0.3) is 6.20 Å². The van der Waals surface area contributed by atoms with E-state index in [-0.39, 0.29) is 17.2 Å². The summed E-state index contributed by atoms with van der Waals surface area (Å²) in [5, 5.41) is 24.9. The van der Waals surface area contributed by atoms with Crippen molar-refractivity contribution < 1.29 is 9.72 Å². The van der Waals surface area contributed by atoms with Gasteiger partial charge in [0.05, 0.1) is 4.92 Å². The fourth-order valence-electron chi connectivity index (χ4n) is 2.56. The first-order chi connectivity index (χ1) is 11.6. The Bertz CT molecular complexity index is 795. The lowest BCUT2D eigenvalue weighted by Gasteiger charge is -2.17. The smallest absolute Gasteiger partial charge is 0.293 e. The Morgan fingerprint density at radius 2 is 2.12 bits per heavy atom. The molecule has 0 saturated carbocycles. The fourth-order valence-corrected chi connectivity index (χ4v) is 2.56. The normalized spacial score (nSPS) is 13.8. The molecule has 0 radical (unpaired) electrons. The van der Waals surface area contributed by atoms with Gasteiger partial charge in [-0.3, -0.25) is 20.2 Å². The van der Waals surface area contributed by atoms with Crippen molar-refractivity contribution in [3.8, 4) is 0 Å². The molecule has 1 amide bonds. The number of benzene rings is 1. The maximum Gasteiger partial charge on any atom is 0.293 e. The number of nitro groups is 1. The minimum Gasteiger partial charge on any atom is -0.366 e. The lowest BCUT2D eigenvalue weighted by atomic mass is 10.1. The number of anilines is 2. The first-order valence-electron chi connectivity index (χ1n) is 7.35. The molecule has 1 fully saturated rings. The second kappa shape index (κ2) is 6.44. The molecule has 0 atom stereocenters. The van der Waals surface area contributed by atoms with Gasteiger partial charge in [0.15, 0.2) is 0 Å². The van der Waals surface area contributed by atoms with Crippen molar-refractivity contribution in [3.05, 3.63) is 40.5 Å². The number of hydrogen-bond acceptors (Lipinski definition) is 7. The van der Waals surface area contributed by atoms with Gasteiger partial charge in [0, 0.05) is 30.9 Å². The first kappa shape index (κ1) is 15.6. The van der Waals surface area contributed by atoms with E-state index in [1.54, 1.807) is 12.1 Å². The number of rotatable bonds is 5. The second-order valence-corrected chi connectivity index (χ2v) is 5.22. The highest BCUT2D eigenvalue weighted by molar-refractivity contribution is 6.04. The van der Waals surface area contributed by atoms with Crippen LogP contribution in [0.2, 0.25) is 0 Å². The van der Waals surface area contributed by atoms with Crippen molar-refractivity contribution in [1.82, 2.24) is 20.2 Å². The monoisotopic (exact) mass is 329 g/mol. The standard InChI is InChI=1S/C14H15N7O3/c1-2-20-17-14(16-18-20)15-13(22)10-5-6-11(12(9-10)21(23)24)19-7-3-4-8-19/h2,5-6,9H,1,3-4,7-8H2,(H,15,17,22). The minimum atomic E-state index is -0.547. The van der Waals surface area contributed by atoms with Crippen molar-refractivity contribution in [3.63, 3.8) is 0 Å². The topological polar surface area (TPSA) is 119 Å². The molecule has 10 heteroatoms. The lowest BCUT2D eigenvalue weighted by Crippen LogP contribution is -2.20. The molecule has 1 aromatic heterocycles.